The van der Waals surface area contributed by atoms with Crippen molar-refractivity contribution < 1.29 is 27.9 Å². The number of carboxylic acid groups (broad SMARTS) is 1. The summed E-state index contributed by atoms with van der Waals surface area (Å²) in [6.45, 7) is 5.96. The Kier molecular flexibility index (Phi) is 9.50. The maximum Gasteiger partial charge on any atom is 0.416 e. The molecule has 5 nitrogen and oxygen atoms in total. The first-order chi connectivity index (χ1) is 17.3. The Labute approximate surface area is 225 Å². The van der Waals surface area contributed by atoms with Crippen LogP contribution in [-0.4, -0.2) is 39.3 Å². The SMILES string of the molecule is CCCCCCN(C(=O)Nc1ccc(C(F)(F)F)cc1S)C1Cc2ccc(SC(C)(C)C(=O)O)cc2C1. The Bertz CT molecular complexity index is 1140. The predicted molar refractivity (Wildman–Crippen MR) is 144 cm³/mol. The van der Waals surface area contributed by atoms with E-state index in [4.69, 9.17) is 0 Å². The number of thioether (sulfide) groups is 1. The van der Waals surface area contributed by atoms with Gasteiger partial charge in [0.15, 0.2) is 0 Å². The average Bonchev–Trinajstić information content (AvgIpc) is 3.22. The van der Waals surface area contributed by atoms with Crippen molar-refractivity contribution in [3.8, 4) is 0 Å². The molecule has 0 aromatic heterocycles. The molecule has 1 aliphatic rings. The molecule has 1 unspecified atom stereocenters. The number of carboxylic acids is 1. The van der Waals surface area contributed by atoms with Crippen molar-refractivity contribution in [2.75, 3.05) is 11.9 Å². The number of nitrogens with zero attached hydrogens (tertiary/aromatic N) is 1. The van der Waals surface area contributed by atoms with E-state index < -0.39 is 22.5 Å². The van der Waals surface area contributed by atoms with Crippen LogP contribution in [-0.2, 0) is 23.8 Å². The molecule has 0 saturated heterocycles. The molecule has 3 rings (SSSR count). The number of carbonyl (C=O) groups excluding carboxylic acids is 1. The van der Waals surface area contributed by atoms with Crippen LogP contribution in [0.25, 0.3) is 0 Å². The standard InChI is InChI=1S/C27H33F3N2O3S2/c1-4-5-6-7-12-32(25(35)31-22-11-9-19(16-23(22)36)27(28,29)30)20-13-17-8-10-21(15-18(17)14-20)37-26(2,3)24(33)34/h8-11,15-16,20,36H,4-7,12-14H2,1-3H3,(H,31,35)(H,33,34). The average molecular weight is 555 g/mol. The molecule has 202 valence electrons. The fourth-order valence-electron chi connectivity index (χ4n) is 4.35. The summed E-state index contributed by atoms with van der Waals surface area (Å²) in [5.74, 6) is -0.891. The predicted octanol–water partition coefficient (Wildman–Crippen LogP) is 7.53. The van der Waals surface area contributed by atoms with Gasteiger partial charge >= 0.3 is 18.2 Å². The van der Waals surface area contributed by atoms with Crippen molar-refractivity contribution in [3.05, 3.63) is 53.1 Å². The van der Waals surface area contributed by atoms with Crippen LogP contribution in [0.1, 0.15) is 63.1 Å². The van der Waals surface area contributed by atoms with Gasteiger partial charge in [-0.2, -0.15) is 13.2 Å². The minimum Gasteiger partial charge on any atom is -0.480 e. The van der Waals surface area contributed by atoms with Crippen molar-refractivity contribution >= 4 is 42.1 Å². The summed E-state index contributed by atoms with van der Waals surface area (Å²) in [6, 6.07) is 8.50. The van der Waals surface area contributed by atoms with Crippen molar-refractivity contribution in [1.82, 2.24) is 4.90 Å². The first-order valence-corrected chi connectivity index (χ1v) is 13.6. The molecule has 0 saturated carbocycles. The summed E-state index contributed by atoms with van der Waals surface area (Å²) < 4.78 is 38.1. The molecule has 2 amide bonds. The van der Waals surface area contributed by atoms with Crippen LogP contribution in [0.5, 0.6) is 0 Å². The van der Waals surface area contributed by atoms with Crippen LogP contribution in [0.2, 0.25) is 0 Å². The number of urea groups is 1. The van der Waals surface area contributed by atoms with Gasteiger partial charge in [-0.1, -0.05) is 32.3 Å². The summed E-state index contributed by atoms with van der Waals surface area (Å²) in [5.41, 5.74) is 1.59. The topological polar surface area (TPSA) is 69.6 Å². The van der Waals surface area contributed by atoms with E-state index in [1.165, 1.54) is 17.8 Å². The van der Waals surface area contributed by atoms with Crippen molar-refractivity contribution in [2.24, 2.45) is 0 Å². The summed E-state index contributed by atoms with van der Waals surface area (Å²) in [5, 5.41) is 12.2. The number of amides is 2. The van der Waals surface area contributed by atoms with Gasteiger partial charge < -0.3 is 15.3 Å². The van der Waals surface area contributed by atoms with Gasteiger partial charge in [-0.3, -0.25) is 4.79 Å². The van der Waals surface area contributed by atoms with Crippen LogP contribution in [0, 0.1) is 0 Å². The number of aliphatic carboxylic acids is 1. The largest absolute Gasteiger partial charge is 0.480 e. The maximum atomic E-state index is 13.4. The van der Waals surface area contributed by atoms with E-state index in [1.807, 2.05) is 18.2 Å². The molecular weight excluding hydrogens is 521 g/mol. The third-order valence-corrected chi connectivity index (χ3v) is 8.04. The second kappa shape index (κ2) is 12.0. The molecule has 0 bridgehead atoms. The Morgan fingerprint density at radius 3 is 2.41 bits per heavy atom. The molecule has 1 aliphatic carbocycles. The summed E-state index contributed by atoms with van der Waals surface area (Å²) in [6.07, 6.45) is 0.704. The number of anilines is 1. The second-order valence-electron chi connectivity index (χ2n) is 9.82. The zero-order valence-electron chi connectivity index (χ0n) is 21.2. The zero-order valence-corrected chi connectivity index (χ0v) is 22.9. The monoisotopic (exact) mass is 554 g/mol. The van der Waals surface area contributed by atoms with Crippen LogP contribution in [0.3, 0.4) is 0 Å². The molecule has 0 radical (unpaired) electrons. The highest BCUT2D eigenvalue weighted by molar-refractivity contribution is 8.01. The Morgan fingerprint density at radius 2 is 1.78 bits per heavy atom. The fraction of sp³-hybridized carbons (Fsp3) is 0.481. The van der Waals surface area contributed by atoms with Gasteiger partial charge in [0.25, 0.3) is 0 Å². The molecule has 1 atom stereocenters. The molecule has 10 heteroatoms. The number of nitrogens with one attached hydrogen (secondary N) is 1. The van der Waals surface area contributed by atoms with Gasteiger partial charge in [0.05, 0.1) is 11.3 Å². The third-order valence-electron chi connectivity index (χ3n) is 6.50. The molecule has 0 heterocycles. The van der Waals surface area contributed by atoms with Crippen molar-refractivity contribution in [2.45, 2.75) is 86.1 Å². The summed E-state index contributed by atoms with van der Waals surface area (Å²) in [4.78, 5) is 27.6. The number of rotatable bonds is 10. The minimum atomic E-state index is -4.49. The summed E-state index contributed by atoms with van der Waals surface area (Å²) >= 11 is 5.45. The summed E-state index contributed by atoms with van der Waals surface area (Å²) in [7, 11) is 0. The van der Waals surface area contributed by atoms with E-state index in [-0.39, 0.29) is 22.7 Å². The van der Waals surface area contributed by atoms with Gasteiger partial charge in [0.2, 0.25) is 0 Å². The van der Waals surface area contributed by atoms with E-state index >= 15 is 0 Å². The highest BCUT2D eigenvalue weighted by Crippen LogP contribution is 2.37. The van der Waals surface area contributed by atoms with E-state index in [0.717, 1.165) is 53.8 Å². The molecule has 0 spiro atoms. The minimum absolute atomic E-state index is 0.0477. The normalized spacial score (nSPS) is 15.4. The number of benzene rings is 2. The maximum absolute atomic E-state index is 13.4. The number of carbonyl (C=O) groups is 2. The molecule has 2 aromatic rings. The van der Waals surface area contributed by atoms with Gasteiger partial charge in [-0.15, -0.1) is 24.4 Å². The first-order valence-electron chi connectivity index (χ1n) is 12.3. The molecule has 37 heavy (non-hydrogen) atoms. The lowest BCUT2D eigenvalue weighted by Crippen LogP contribution is -2.44. The Morgan fingerprint density at radius 1 is 1.08 bits per heavy atom. The quantitative estimate of drug-likeness (QED) is 0.161. The number of fused-ring (bicyclic) bond motifs is 1. The number of halogens is 3. The number of thiol groups is 1. The smallest absolute Gasteiger partial charge is 0.416 e. The van der Waals surface area contributed by atoms with Gasteiger partial charge in [-0.25, -0.2) is 4.79 Å². The third kappa shape index (κ3) is 7.60. The highest BCUT2D eigenvalue weighted by atomic mass is 32.2. The van der Waals surface area contributed by atoms with E-state index in [1.54, 1.807) is 18.7 Å². The molecule has 2 N–H and O–H groups in total. The molecule has 2 aromatic carbocycles. The van der Waals surface area contributed by atoms with E-state index in [2.05, 4.69) is 24.9 Å². The van der Waals surface area contributed by atoms with Gasteiger partial charge in [0.1, 0.15) is 4.75 Å². The number of unbranched alkanes of at least 4 members (excludes halogenated alkanes) is 3. The van der Waals surface area contributed by atoms with Crippen LogP contribution < -0.4 is 5.32 Å². The number of hydrogen-bond donors (Lipinski definition) is 3. The number of alkyl halides is 3. The van der Waals surface area contributed by atoms with Crippen LogP contribution in [0.4, 0.5) is 23.7 Å². The Balaban J connectivity index is 1.77. The van der Waals surface area contributed by atoms with Crippen molar-refractivity contribution in [3.63, 3.8) is 0 Å². The van der Waals surface area contributed by atoms with Crippen LogP contribution >= 0.6 is 24.4 Å². The fourth-order valence-corrected chi connectivity index (χ4v) is 5.64. The van der Waals surface area contributed by atoms with Gasteiger partial charge in [0, 0.05) is 22.4 Å². The van der Waals surface area contributed by atoms with E-state index in [9.17, 15) is 27.9 Å². The van der Waals surface area contributed by atoms with Crippen molar-refractivity contribution in [1.29, 1.82) is 0 Å². The lowest BCUT2D eigenvalue weighted by atomic mass is 10.1. The lowest BCUT2D eigenvalue weighted by molar-refractivity contribution is -0.139. The molecular formula is C27H33F3N2O3S2. The molecule has 0 aliphatic heterocycles. The Hall–Kier alpha value is -2.33. The lowest BCUT2D eigenvalue weighted by Gasteiger charge is -2.29. The zero-order chi connectivity index (χ0) is 27.4. The van der Waals surface area contributed by atoms with Gasteiger partial charge in [-0.05, 0) is 74.6 Å². The van der Waals surface area contributed by atoms with E-state index in [0.29, 0.717) is 19.4 Å². The first kappa shape index (κ1) is 29.2. The second-order valence-corrected chi connectivity index (χ2v) is 12.0. The van der Waals surface area contributed by atoms with Crippen LogP contribution in [0.15, 0.2) is 46.2 Å². The number of hydrogen-bond acceptors (Lipinski definition) is 4. The molecule has 0 fully saturated rings. The highest BCUT2D eigenvalue weighted by Gasteiger charge is 2.33.